The number of hydrogen-bond acceptors (Lipinski definition) is 3. The molecular formula is C11H18N2OS. The Kier molecular flexibility index (Phi) is 5.50. The van der Waals surface area contributed by atoms with Gasteiger partial charge in [-0.15, -0.1) is 0 Å². The third-order valence-electron chi connectivity index (χ3n) is 2.08. The molecule has 2 unspecified atom stereocenters. The van der Waals surface area contributed by atoms with Gasteiger partial charge in [-0.3, -0.25) is 9.19 Å². The van der Waals surface area contributed by atoms with Crippen molar-refractivity contribution in [3.05, 3.63) is 30.1 Å². The molecule has 0 fully saturated rings. The van der Waals surface area contributed by atoms with E-state index in [4.69, 9.17) is 0 Å². The lowest BCUT2D eigenvalue weighted by Crippen LogP contribution is -2.32. The third-order valence-corrected chi connectivity index (χ3v) is 3.05. The van der Waals surface area contributed by atoms with Gasteiger partial charge in [0.15, 0.2) is 0 Å². The van der Waals surface area contributed by atoms with E-state index in [1.807, 2.05) is 18.2 Å². The Balaban J connectivity index is 2.19. The lowest BCUT2D eigenvalue weighted by Gasteiger charge is -2.11. The second-order valence-corrected chi connectivity index (χ2v) is 5.15. The standard InChI is InChI=1S/C11H18N2OS/c1-10(9-15(2)14)12-8-6-11-5-3-4-7-13-11/h3-5,7,10,12H,6,8-9H2,1-2H3. The van der Waals surface area contributed by atoms with Gasteiger partial charge < -0.3 is 5.32 Å². The topological polar surface area (TPSA) is 42.0 Å². The minimum absolute atomic E-state index is 0.305. The van der Waals surface area contributed by atoms with E-state index in [2.05, 4.69) is 17.2 Å². The Hall–Kier alpha value is -0.740. The largest absolute Gasteiger partial charge is 0.313 e. The van der Waals surface area contributed by atoms with Crippen LogP contribution in [-0.2, 0) is 17.2 Å². The zero-order valence-corrected chi connectivity index (χ0v) is 10.1. The minimum Gasteiger partial charge on any atom is -0.313 e. The Morgan fingerprint density at radius 2 is 2.33 bits per heavy atom. The van der Waals surface area contributed by atoms with E-state index in [0.29, 0.717) is 11.8 Å². The van der Waals surface area contributed by atoms with Crippen LogP contribution >= 0.6 is 0 Å². The van der Waals surface area contributed by atoms with Crippen LogP contribution in [0.5, 0.6) is 0 Å². The molecule has 0 bridgehead atoms. The summed E-state index contributed by atoms with van der Waals surface area (Å²) in [5.41, 5.74) is 1.09. The molecule has 0 spiro atoms. The molecule has 1 rings (SSSR count). The Morgan fingerprint density at radius 1 is 1.53 bits per heavy atom. The predicted molar refractivity (Wildman–Crippen MR) is 64.3 cm³/mol. The lowest BCUT2D eigenvalue weighted by molar-refractivity contribution is 0.586. The van der Waals surface area contributed by atoms with Crippen molar-refractivity contribution in [3.8, 4) is 0 Å². The summed E-state index contributed by atoms with van der Waals surface area (Å²) in [4.78, 5) is 4.24. The van der Waals surface area contributed by atoms with Gasteiger partial charge in [-0.25, -0.2) is 0 Å². The monoisotopic (exact) mass is 226 g/mol. The molecule has 0 aliphatic heterocycles. The van der Waals surface area contributed by atoms with Crippen molar-refractivity contribution in [2.75, 3.05) is 18.6 Å². The van der Waals surface area contributed by atoms with Crippen LogP contribution in [0.15, 0.2) is 24.4 Å². The first-order valence-corrected chi connectivity index (χ1v) is 6.84. The van der Waals surface area contributed by atoms with Crippen LogP contribution in [0.25, 0.3) is 0 Å². The summed E-state index contributed by atoms with van der Waals surface area (Å²) >= 11 is 0. The molecule has 0 aliphatic rings. The highest BCUT2D eigenvalue weighted by atomic mass is 32.2. The number of pyridine rings is 1. The van der Waals surface area contributed by atoms with Crippen LogP contribution < -0.4 is 5.32 Å². The molecule has 0 amide bonds. The van der Waals surface area contributed by atoms with Gasteiger partial charge in [-0.1, -0.05) is 6.07 Å². The molecule has 0 saturated heterocycles. The maximum atomic E-state index is 10.9. The third kappa shape index (κ3) is 5.64. The van der Waals surface area contributed by atoms with Crippen LogP contribution in [0, 0.1) is 0 Å². The van der Waals surface area contributed by atoms with Crippen molar-refractivity contribution in [1.29, 1.82) is 0 Å². The van der Waals surface area contributed by atoms with E-state index in [0.717, 1.165) is 18.7 Å². The van der Waals surface area contributed by atoms with Gasteiger partial charge in [0, 0.05) is 53.7 Å². The summed E-state index contributed by atoms with van der Waals surface area (Å²) in [5.74, 6) is 0.711. The van der Waals surface area contributed by atoms with Crippen LogP contribution in [-0.4, -0.2) is 33.8 Å². The SMILES string of the molecule is CC(CS(C)=O)NCCc1ccccn1. The van der Waals surface area contributed by atoms with Gasteiger partial charge in [0.1, 0.15) is 0 Å². The Morgan fingerprint density at radius 3 is 2.93 bits per heavy atom. The van der Waals surface area contributed by atoms with E-state index in [9.17, 15) is 4.21 Å². The maximum Gasteiger partial charge on any atom is 0.0416 e. The zero-order valence-electron chi connectivity index (χ0n) is 9.27. The summed E-state index contributed by atoms with van der Waals surface area (Å²) in [5, 5.41) is 3.33. The van der Waals surface area contributed by atoms with Crippen LogP contribution in [0.2, 0.25) is 0 Å². The van der Waals surface area contributed by atoms with Gasteiger partial charge in [-0.2, -0.15) is 0 Å². The summed E-state index contributed by atoms with van der Waals surface area (Å²) in [6, 6.07) is 6.23. The fraction of sp³-hybridized carbons (Fsp3) is 0.545. The highest BCUT2D eigenvalue weighted by Gasteiger charge is 2.02. The maximum absolute atomic E-state index is 10.9. The molecule has 0 aliphatic carbocycles. The van der Waals surface area contributed by atoms with E-state index >= 15 is 0 Å². The average molecular weight is 226 g/mol. The first-order valence-electron chi connectivity index (χ1n) is 5.12. The molecule has 15 heavy (non-hydrogen) atoms. The summed E-state index contributed by atoms with van der Waals surface area (Å²) < 4.78 is 10.9. The highest BCUT2D eigenvalue weighted by molar-refractivity contribution is 7.84. The van der Waals surface area contributed by atoms with Crippen molar-refractivity contribution < 1.29 is 4.21 Å². The summed E-state index contributed by atoms with van der Waals surface area (Å²) in [7, 11) is -0.722. The molecule has 0 radical (unpaired) electrons. The fourth-order valence-electron chi connectivity index (χ4n) is 1.40. The molecule has 84 valence electrons. The number of nitrogens with zero attached hydrogens (tertiary/aromatic N) is 1. The van der Waals surface area contributed by atoms with Gasteiger partial charge >= 0.3 is 0 Å². The van der Waals surface area contributed by atoms with E-state index < -0.39 is 10.8 Å². The molecule has 0 saturated carbocycles. The highest BCUT2D eigenvalue weighted by Crippen LogP contribution is 1.94. The summed E-state index contributed by atoms with van der Waals surface area (Å²) in [6.45, 7) is 2.94. The minimum atomic E-state index is -0.722. The van der Waals surface area contributed by atoms with Gasteiger partial charge in [-0.05, 0) is 19.1 Å². The van der Waals surface area contributed by atoms with Crippen LogP contribution in [0.4, 0.5) is 0 Å². The molecular weight excluding hydrogens is 208 g/mol. The lowest BCUT2D eigenvalue weighted by atomic mass is 10.2. The molecule has 1 N–H and O–H groups in total. The Labute approximate surface area is 93.8 Å². The Bertz CT molecular complexity index is 303. The summed E-state index contributed by atoms with van der Waals surface area (Å²) in [6.07, 6.45) is 4.46. The molecule has 0 aromatic carbocycles. The second-order valence-electron chi connectivity index (χ2n) is 3.67. The second kappa shape index (κ2) is 6.69. The van der Waals surface area contributed by atoms with Crippen molar-refractivity contribution in [3.63, 3.8) is 0 Å². The van der Waals surface area contributed by atoms with Crippen molar-refractivity contribution in [2.45, 2.75) is 19.4 Å². The number of nitrogens with one attached hydrogen (secondary N) is 1. The number of hydrogen-bond donors (Lipinski definition) is 1. The van der Waals surface area contributed by atoms with E-state index in [-0.39, 0.29) is 0 Å². The fourth-order valence-corrected chi connectivity index (χ4v) is 2.23. The van der Waals surface area contributed by atoms with Crippen molar-refractivity contribution in [1.82, 2.24) is 10.3 Å². The van der Waals surface area contributed by atoms with Gasteiger partial charge in [0.05, 0.1) is 0 Å². The molecule has 2 atom stereocenters. The normalized spacial score (nSPS) is 14.8. The number of rotatable bonds is 6. The van der Waals surface area contributed by atoms with Crippen LogP contribution in [0.3, 0.4) is 0 Å². The molecule has 3 nitrogen and oxygen atoms in total. The van der Waals surface area contributed by atoms with Crippen LogP contribution in [0.1, 0.15) is 12.6 Å². The predicted octanol–water partition coefficient (Wildman–Crippen LogP) is 0.981. The smallest absolute Gasteiger partial charge is 0.0416 e. The van der Waals surface area contributed by atoms with Crippen molar-refractivity contribution >= 4 is 10.8 Å². The number of aromatic nitrogens is 1. The quantitative estimate of drug-likeness (QED) is 0.786. The first kappa shape index (κ1) is 12.3. The molecule has 1 heterocycles. The average Bonchev–Trinajstić information content (AvgIpc) is 2.18. The molecule has 4 heteroatoms. The first-order chi connectivity index (χ1) is 7.18. The molecule has 1 aromatic heterocycles. The molecule has 1 aromatic rings. The zero-order chi connectivity index (χ0) is 11.1. The van der Waals surface area contributed by atoms with E-state index in [1.54, 1.807) is 12.5 Å². The van der Waals surface area contributed by atoms with Crippen molar-refractivity contribution in [2.24, 2.45) is 0 Å². The van der Waals surface area contributed by atoms with Gasteiger partial charge in [0.2, 0.25) is 0 Å². The van der Waals surface area contributed by atoms with E-state index in [1.165, 1.54) is 0 Å². The van der Waals surface area contributed by atoms with Gasteiger partial charge in [0.25, 0.3) is 0 Å².